The maximum absolute atomic E-state index is 13.3. The SMILES string of the molecule is CN(C)[C@H]1CN(c2nc3nc[nH]c3c(=O)[nH]2)C[C@@H]1c1ccc(F)cc1. The fourth-order valence-corrected chi connectivity index (χ4v) is 3.50. The van der Waals surface area contributed by atoms with Gasteiger partial charge in [-0.2, -0.15) is 4.98 Å². The Morgan fingerprint density at radius 3 is 2.72 bits per heavy atom. The molecule has 7 nitrogen and oxygen atoms in total. The second-order valence-corrected chi connectivity index (χ2v) is 6.58. The van der Waals surface area contributed by atoms with Crippen LogP contribution in [-0.2, 0) is 0 Å². The van der Waals surface area contributed by atoms with E-state index in [1.54, 1.807) is 0 Å². The summed E-state index contributed by atoms with van der Waals surface area (Å²) in [6.45, 7) is 1.40. The number of nitrogens with zero attached hydrogens (tertiary/aromatic N) is 4. The van der Waals surface area contributed by atoms with Crippen molar-refractivity contribution in [2.24, 2.45) is 0 Å². The first-order valence-electron chi connectivity index (χ1n) is 8.13. The number of hydrogen-bond acceptors (Lipinski definition) is 5. The van der Waals surface area contributed by atoms with Crippen molar-refractivity contribution in [3.8, 4) is 0 Å². The van der Waals surface area contributed by atoms with E-state index in [2.05, 4.69) is 24.8 Å². The molecule has 0 aliphatic carbocycles. The van der Waals surface area contributed by atoms with Crippen LogP contribution in [0.2, 0.25) is 0 Å². The highest BCUT2D eigenvalue weighted by atomic mass is 19.1. The number of aromatic amines is 2. The summed E-state index contributed by atoms with van der Waals surface area (Å²) in [4.78, 5) is 30.6. The Morgan fingerprint density at radius 2 is 2.00 bits per heavy atom. The lowest BCUT2D eigenvalue weighted by Crippen LogP contribution is -2.35. The maximum Gasteiger partial charge on any atom is 0.278 e. The highest BCUT2D eigenvalue weighted by Crippen LogP contribution is 2.32. The first-order chi connectivity index (χ1) is 12.0. The molecule has 130 valence electrons. The van der Waals surface area contributed by atoms with Gasteiger partial charge in [-0.15, -0.1) is 0 Å². The predicted molar refractivity (Wildman–Crippen MR) is 93.3 cm³/mol. The molecular formula is C17H19FN6O. The van der Waals surface area contributed by atoms with E-state index >= 15 is 0 Å². The Balaban J connectivity index is 1.69. The van der Waals surface area contributed by atoms with Crippen molar-refractivity contribution in [3.05, 3.63) is 52.3 Å². The van der Waals surface area contributed by atoms with E-state index in [9.17, 15) is 9.18 Å². The van der Waals surface area contributed by atoms with Gasteiger partial charge in [-0.3, -0.25) is 9.78 Å². The smallest absolute Gasteiger partial charge is 0.278 e. The van der Waals surface area contributed by atoms with Gasteiger partial charge >= 0.3 is 0 Å². The van der Waals surface area contributed by atoms with Crippen LogP contribution in [0.4, 0.5) is 10.3 Å². The zero-order chi connectivity index (χ0) is 17.6. The number of nitrogens with one attached hydrogen (secondary N) is 2. The van der Waals surface area contributed by atoms with Crippen molar-refractivity contribution < 1.29 is 4.39 Å². The van der Waals surface area contributed by atoms with Gasteiger partial charge in [0.05, 0.1) is 6.33 Å². The maximum atomic E-state index is 13.3. The fraction of sp³-hybridized carbons (Fsp3) is 0.353. The summed E-state index contributed by atoms with van der Waals surface area (Å²) >= 11 is 0. The molecule has 2 aromatic heterocycles. The number of anilines is 1. The first-order valence-corrected chi connectivity index (χ1v) is 8.13. The van der Waals surface area contributed by atoms with Crippen molar-refractivity contribution in [2.75, 3.05) is 32.1 Å². The normalized spacial score (nSPS) is 20.7. The summed E-state index contributed by atoms with van der Waals surface area (Å²) in [5.74, 6) is 0.465. The lowest BCUT2D eigenvalue weighted by molar-refractivity contribution is 0.292. The van der Waals surface area contributed by atoms with Gasteiger partial charge in [0.25, 0.3) is 5.56 Å². The van der Waals surface area contributed by atoms with Crippen molar-refractivity contribution in [2.45, 2.75) is 12.0 Å². The summed E-state index contributed by atoms with van der Waals surface area (Å²) in [6, 6.07) is 6.85. The van der Waals surface area contributed by atoms with Crippen LogP contribution in [0.3, 0.4) is 0 Å². The molecule has 1 aliphatic rings. The Hall–Kier alpha value is -2.74. The zero-order valence-electron chi connectivity index (χ0n) is 14.0. The molecule has 0 unspecified atom stereocenters. The number of aromatic nitrogens is 4. The molecule has 0 radical (unpaired) electrons. The van der Waals surface area contributed by atoms with Crippen LogP contribution in [0, 0.1) is 5.82 Å². The summed E-state index contributed by atoms with van der Waals surface area (Å²) in [5.41, 5.74) is 1.63. The average Bonchev–Trinajstić information content (AvgIpc) is 3.22. The number of hydrogen-bond donors (Lipinski definition) is 2. The Bertz CT molecular complexity index is 948. The number of H-pyrrole nitrogens is 2. The molecule has 1 aliphatic heterocycles. The van der Waals surface area contributed by atoms with E-state index in [1.165, 1.54) is 18.5 Å². The number of fused-ring (bicyclic) bond motifs is 1. The van der Waals surface area contributed by atoms with Crippen molar-refractivity contribution in [1.82, 2.24) is 24.8 Å². The first kappa shape index (κ1) is 15.8. The van der Waals surface area contributed by atoms with Gasteiger partial charge < -0.3 is 14.8 Å². The molecule has 1 fully saturated rings. The summed E-state index contributed by atoms with van der Waals surface area (Å²) in [6.07, 6.45) is 1.46. The van der Waals surface area contributed by atoms with E-state index in [4.69, 9.17) is 0 Å². The minimum atomic E-state index is -0.241. The molecule has 2 N–H and O–H groups in total. The molecule has 8 heteroatoms. The molecule has 3 heterocycles. The fourth-order valence-electron chi connectivity index (χ4n) is 3.50. The van der Waals surface area contributed by atoms with Crippen LogP contribution in [0.1, 0.15) is 11.5 Å². The number of likely N-dealkylation sites (N-methyl/N-ethyl adjacent to an activating group) is 1. The minimum Gasteiger partial charge on any atom is -0.340 e. The van der Waals surface area contributed by atoms with Crippen LogP contribution >= 0.6 is 0 Å². The second-order valence-electron chi connectivity index (χ2n) is 6.58. The van der Waals surface area contributed by atoms with E-state index < -0.39 is 0 Å². The average molecular weight is 342 g/mol. The van der Waals surface area contributed by atoms with Crippen molar-refractivity contribution in [3.63, 3.8) is 0 Å². The Labute approximate surface area is 143 Å². The number of imidazole rings is 1. The molecule has 0 saturated carbocycles. The predicted octanol–water partition coefficient (Wildman–Crippen LogP) is 1.32. The van der Waals surface area contributed by atoms with Crippen LogP contribution in [-0.4, -0.2) is 58.1 Å². The molecule has 1 saturated heterocycles. The van der Waals surface area contributed by atoms with Crippen LogP contribution in [0.5, 0.6) is 0 Å². The lowest BCUT2D eigenvalue weighted by atomic mass is 9.94. The molecule has 3 aromatic rings. The Morgan fingerprint density at radius 1 is 1.24 bits per heavy atom. The summed E-state index contributed by atoms with van der Waals surface area (Å²) < 4.78 is 13.3. The zero-order valence-corrected chi connectivity index (χ0v) is 14.0. The quantitative estimate of drug-likeness (QED) is 0.750. The van der Waals surface area contributed by atoms with Gasteiger partial charge in [-0.1, -0.05) is 12.1 Å². The molecule has 4 rings (SSSR count). The van der Waals surface area contributed by atoms with Gasteiger partial charge in [-0.05, 0) is 31.8 Å². The van der Waals surface area contributed by atoms with Crippen LogP contribution in [0.15, 0.2) is 35.4 Å². The van der Waals surface area contributed by atoms with Crippen molar-refractivity contribution >= 4 is 17.1 Å². The van der Waals surface area contributed by atoms with Crippen molar-refractivity contribution in [1.29, 1.82) is 0 Å². The third-order valence-corrected chi connectivity index (χ3v) is 4.83. The Kier molecular flexibility index (Phi) is 3.76. The summed E-state index contributed by atoms with van der Waals surface area (Å²) in [7, 11) is 4.05. The van der Waals surface area contributed by atoms with E-state index in [-0.39, 0.29) is 23.3 Å². The number of halogens is 1. The van der Waals surface area contributed by atoms with E-state index in [0.29, 0.717) is 30.2 Å². The molecular weight excluding hydrogens is 323 g/mol. The van der Waals surface area contributed by atoms with Gasteiger partial charge in [0.15, 0.2) is 11.2 Å². The molecule has 25 heavy (non-hydrogen) atoms. The lowest BCUT2D eigenvalue weighted by Gasteiger charge is -2.25. The van der Waals surface area contributed by atoms with Gasteiger partial charge in [0.1, 0.15) is 5.82 Å². The second kappa shape index (κ2) is 5.96. The monoisotopic (exact) mass is 342 g/mol. The number of rotatable bonds is 3. The van der Waals surface area contributed by atoms with Gasteiger partial charge in [0, 0.05) is 25.0 Å². The molecule has 2 atom stereocenters. The topological polar surface area (TPSA) is 80.9 Å². The minimum absolute atomic E-state index is 0.191. The van der Waals surface area contributed by atoms with E-state index in [0.717, 1.165) is 5.56 Å². The van der Waals surface area contributed by atoms with Gasteiger partial charge in [-0.25, -0.2) is 9.37 Å². The van der Waals surface area contributed by atoms with Gasteiger partial charge in [0.2, 0.25) is 5.95 Å². The molecule has 0 spiro atoms. The third-order valence-electron chi connectivity index (χ3n) is 4.83. The summed E-state index contributed by atoms with van der Waals surface area (Å²) in [5, 5.41) is 0. The largest absolute Gasteiger partial charge is 0.340 e. The molecule has 0 bridgehead atoms. The van der Waals surface area contributed by atoms with Crippen LogP contribution < -0.4 is 10.5 Å². The number of benzene rings is 1. The van der Waals surface area contributed by atoms with Crippen LogP contribution in [0.25, 0.3) is 11.2 Å². The standard InChI is InChI=1S/C17H19FN6O/c1-23(2)13-8-24(7-12(13)10-3-5-11(18)6-4-10)17-21-15-14(16(25)22-17)19-9-20-15/h3-6,9,12-13H,7-8H2,1-2H3,(H2,19,20,21,22,25)/t12-,13+/m1/s1. The molecule has 0 amide bonds. The highest BCUT2D eigenvalue weighted by molar-refractivity contribution is 5.69. The van der Waals surface area contributed by atoms with E-state index in [1.807, 2.05) is 31.1 Å². The highest BCUT2D eigenvalue weighted by Gasteiger charge is 2.36. The molecule has 1 aromatic carbocycles. The third kappa shape index (κ3) is 2.78.